The molecule has 1 unspecified atom stereocenters. The van der Waals surface area contributed by atoms with Crippen LogP contribution in [0.2, 0.25) is 0 Å². The summed E-state index contributed by atoms with van der Waals surface area (Å²) in [6, 6.07) is 31.5. The van der Waals surface area contributed by atoms with E-state index < -0.39 is 0 Å². The van der Waals surface area contributed by atoms with Gasteiger partial charge in [0.1, 0.15) is 18.7 Å². The molecule has 0 radical (unpaired) electrons. The van der Waals surface area contributed by atoms with E-state index in [1.807, 2.05) is 12.3 Å². The molecule has 41 heavy (non-hydrogen) atoms. The van der Waals surface area contributed by atoms with Crippen molar-refractivity contribution < 1.29 is 26.2 Å². The number of ether oxygens (including phenoxy) is 1. The third kappa shape index (κ3) is 4.90. The molecule has 0 spiro atoms. The van der Waals surface area contributed by atoms with Crippen molar-refractivity contribution in [2.75, 3.05) is 19.7 Å². The standard InChI is InChI=1S/C37H39N2O.BrH/c1-3-21-40-37(33-17-19-38-35-16-10-9-15-32(33)35)36-23-27-18-20-39(36,24-26(27)4-2)25-34-30-13-7-5-11-28(30)22-29-12-6-8-14-31(29)34;/h3,5-17,19,22,26-27,36-37H,1,4,18,20-21,23-25H2,2H3;1H/q+1;/p-1/t26-,27+,36+,37-,39?;/m1./s1. The molecule has 3 aliphatic heterocycles. The Bertz CT molecular complexity index is 1640. The smallest absolute Gasteiger partial charge is 0.135 e. The highest BCUT2D eigenvalue weighted by Crippen LogP contribution is 2.50. The van der Waals surface area contributed by atoms with Gasteiger partial charge in [0.05, 0.1) is 25.2 Å². The van der Waals surface area contributed by atoms with Crippen LogP contribution in [0.1, 0.15) is 43.4 Å². The fraction of sp³-hybridized carbons (Fsp3) is 0.324. The number of quaternary nitrogens is 1. The Kier molecular flexibility index (Phi) is 8.00. The highest BCUT2D eigenvalue weighted by molar-refractivity contribution is 6.02. The summed E-state index contributed by atoms with van der Waals surface area (Å²) in [5, 5.41) is 6.67. The van der Waals surface area contributed by atoms with Gasteiger partial charge in [-0.15, -0.1) is 6.58 Å². The maximum Gasteiger partial charge on any atom is 0.135 e. The lowest BCUT2D eigenvalue weighted by Crippen LogP contribution is -3.00. The second kappa shape index (κ2) is 11.7. The minimum atomic E-state index is -0.00672. The maximum atomic E-state index is 6.82. The summed E-state index contributed by atoms with van der Waals surface area (Å²) < 4.78 is 7.91. The lowest BCUT2D eigenvalue weighted by atomic mass is 9.70. The number of piperidine rings is 3. The number of hydrogen-bond acceptors (Lipinski definition) is 2. The summed E-state index contributed by atoms with van der Waals surface area (Å²) in [4.78, 5) is 4.70. The van der Waals surface area contributed by atoms with Gasteiger partial charge in [0.2, 0.25) is 0 Å². The molecule has 0 saturated carbocycles. The van der Waals surface area contributed by atoms with Crippen LogP contribution in [0.25, 0.3) is 32.4 Å². The zero-order valence-corrected chi connectivity index (χ0v) is 25.5. The number of benzene rings is 4. The highest BCUT2D eigenvalue weighted by atomic mass is 79.9. The Labute approximate surface area is 254 Å². The van der Waals surface area contributed by atoms with Gasteiger partial charge in [-0.3, -0.25) is 4.98 Å². The molecular weight excluding hydrogens is 568 g/mol. The molecule has 0 N–H and O–H groups in total. The van der Waals surface area contributed by atoms with E-state index in [0.29, 0.717) is 12.6 Å². The lowest BCUT2D eigenvalue weighted by molar-refractivity contribution is -0.985. The predicted molar refractivity (Wildman–Crippen MR) is 166 cm³/mol. The average Bonchev–Trinajstić information content (AvgIpc) is 3.01. The Morgan fingerprint density at radius 2 is 1.63 bits per heavy atom. The van der Waals surface area contributed by atoms with Crippen molar-refractivity contribution in [1.29, 1.82) is 0 Å². The summed E-state index contributed by atoms with van der Waals surface area (Å²) in [5.74, 6) is 1.53. The van der Waals surface area contributed by atoms with E-state index >= 15 is 0 Å². The zero-order chi connectivity index (χ0) is 27.1. The fourth-order valence-corrected chi connectivity index (χ4v) is 8.18. The van der Waals surface area contributed by atoms with Crippen molar-refractivity contribution in [3.63, 3.8) is 0 Å². The Hall–Kier alpha value is -3.05. The van der Waals surface area contributed by atoms with E-state index in [9.17, 15) is 0 Å². The molecule has 3 nitrogen and oxygen atoms in total. The number of nitrogens with zero attached hydrogens (tertiary/aromatic N) is 2. The van der Waals surface area contributed by atoms with Crippen LogP contribution in [-0.2, 0) is 11.3 Å². The predicted octanol–water partition coefficient (Wildman–Crippen LogP) is 5.62. The minimum Gasteiger partial charge on any atom is -1.00 e. The van der Waals surface area contributed by atoms with E-state index in [4.69, 9.17) is 9.72 Å². The van der Waals surface area contributed by atoms with Gasteiger partial charge in [-0.1, -0.05) is 79.7 Å². The van der Waals surface area contributed by atoms with Crippen LogP contribution >= 0.6 is 0 Å². The molecule has 0 amide bonds. The highest BCUT2D eigenvalue weighted by Gasteiger charge is 2.55. The van der Waals surface area contributed by atoms with Crippen LogP contribution < -0.4 is 17.0 Å². The second-order valence-electron chi connectivity index (χ2n) is 12.1. The number of halogens is 1. The van der Waals surface area contributed by atoms with Gasteiger partial charge in [-0.05, 0) is 57.6 Å². The molecule has 3 aliphatic rings. The molecule has 4 heteroatoms. The molecule has 0 aliphatic carbocycles. The van der Waals surface area contributed by atoms with Gasteiger partial charge in [-0.25, -0.2) is 0 Å². The van der Waals surface area contributed by atoms with Gasteiger partial charge in [0.15, 0.2) is 0 Å². The van der Waals surface area contributed by atoms with Crippen LogP contribution in [0.3, 0.4) is 0 Å². The largest absolute Gasteiger partial charge is 1.00 e. The number of rotatable bonds is 8. The monoisotopic (exact) mass is 606 g/mol. The summed E-state index contributed by atoms with van der Waals surface area (Å²) >= 11 is 0. The first kappa shape index (κ1) is 28.1. The number of aromatic nitrogens is 1. The average molecular weight is 608 g/mol. The van der Waals surface area contributed by atoms with E-state index in [2.05, 4.69) is 98.4 Å². The molecular formula is C37H39BrN2O. The molecule has 8 rings (SSSR count). The number of para-hydroxylation sites is 1. The van der Waals surface area contributed by atoms with Gasteiger partial charge in [0, 0.05) is 35.9 Å². The lowest BCUT2D eigenvalue weighted by Gasteiger charge is -2.59. The number of pyridine rings is 1. The number of hydrogen-bond donors (Lipinski definition) is 0. The second-order valence-corrected chi connectivity index (χ2v) is 12.1. The SMILES string of the molecule is C=CCO[C@H](c1ccnc2ccccc12)[C@@H]1C[C@@H]2CC[N+]1(Cc1c3ccccc3cc3ccccc13)C[C@H]2CC.[Br-]. The molecule has 3 fully saturated rings. The van der Waals surface area contributed by atoms with Crippen LogP contribution in [-0.4, -0.2) is 35.2 Å². The molecule has 2 bridgehead atoms. The molecule has 5 aromatic rings. The fourth-order valence-electron chi connectivity index (χ4n) is 8.18. The van der Waals surface area contributed by atoms with Crippen molar-refractivity contribution in [2.45, 2.75) is 44.9 Å². The van der Waals surface area contributed by atoms with Crippen LogP contribution in [0.15, 0.2) is 104 Å². The Balaban J connectivity index is 0.00000302. The summed E-state index contributed by atoms with van der Waals surface area (Å²) in [6.45, 7) is 10.4. The summed E-state index contributed by atoms with van der Waals surface area (Å²) in [6.07, 6.45) is 7.64. The van der Waals surface area contributed by atoms with E-state index in [0.717, 1.165) is 28.4 Å². The summed E-state index contributed by atoms with van der Waals surface area (Å²) in [7, 11) is 0. The molecule has 5 atom stereocenters. The minimum absolute atomic E-state index is 0. The van der Waals surface area contributed by atoms with Crippen LogP contribution in [0.4, 0.5) is 0 Å². The van der Waals surface area contributed by atoms with Crippen LogP contribution in [0.5, 0.6) is 0 Å². The quantitative estimate of drug-likeness (QED) is 0.130. The molecule has 3 saturated heterocycles. The van der Waals surface area contributed by atoms with Crippen molar-refractivity contribution in [2.24, 2.45) is 11.8 Å². The van der Waals surface area contributed by atoms with E-state index in [-0.39, 0.29) is 23.1 Å². The third-order valence-electron chi connectivity index (χ3n) is 10.1. The topological polar surface area (TPSA) is 22.1 Å². The van der Waals surface area contributed by atoms with Gasteiger partial charge in [0.25, 0.3) is 0 Å². The molecule has 4 heterocycles. The van der Waals surface area contributed by atoms with Crippen molar-refractivity contribution in [1.82, 2.24) is 4.98 Å². The Morgan fingerprint density at radius 1 is 0.951 bits per heavy atom. The van der Waals surface area contributed by atoms with E-state index in [1.165, 1.54) is 70.4 Å². The Morgan fingerprint density at radius 3 is 2.34 bits per heavy atom. The van der Waals surface area contributed by atoms with Crippen molar-refractivity contribution in [3.05, 3.63) is 115 Å². The van der Waals surface area contributed by atoms with E-state index in [1.54, 1.807) is 0 Å². The third-order valence-corrected chi connectivity index (χ3v) is 10.1. The summed E-state index contributed by atoms with van der Waals surface area (Å²) in [5.41, 5.74) is 3.82. The van der Waals surface area contributed by atoms with Crippen molar-refractivity contribution in [3.8, 4) is 0 Å². The normalized spacial score (nSPS) is 24.4. The maximum absolute atomic E-state index is 6.82. The molecule has 210 valence electrons. The van der Waals surface area contributed by atoms with Crippen molar-refractivity contribution >= 4 is 32.4 Å². The first-order valence-electron chi connectivity index (χ1n) is 15.0. The van der Waals surface area contributed by atoms with Gasteiger partial charge in [-0.2, -0.15) is 0 Å². The van der Waals surface area contributed by atoms with Gasteiger partial charge < -0.3 is 26.2 Å². The van der Waals surface area contributed by atoms with Crippen LogP contribution in [0, 0.1) is 11.8 Å². The molecule has 1 aromatic heterocycles. The molecule has 4 aromatic carbocycles. The van der Waals surface area contributed by atoms with Gasteiger partial charge >= 0.3 is 0 Å². The first-order valence-corrected chi connectivity index (χ1v) is 15.0. The zero-order valence-electron chi connectivity index (χ0n) is 23.9. The first-order chi connectivity index (χ1) is 19.7. The number of fused-ring (bicyclic) bond motifs is 6.